The zero-order chi connectivity index (χ0) is 10.1. The van der Waals surface area contributed by atoms with Crippen LogP contribution in [0.1, 0.15) is 20.3 Å². The van der Waals surface area contributed by atoms with Gasteiger partial charge < -0.3 is 14.2 Å². The largest absolute Gasteiger partial charge is 0.469 e. The van der Waals surface area contributed by atoms with Crippen molar-refractivity contribution in [3.8, 4) is 0 Å². The van der Waals surface area contributed by atoms with Crippen LogP contribution in [0.2, 0.25) is 0 Å². The number of carbonyl (C=O) groups is 1. The first-order chi connectivity index (χ1) is 6.00. The van der Waals surface area contributed by atoms with Crippen molar-refractivity contribution in [2.75, 3.05) is 14.2 Å². The predicted molar refractivity (Wildman–Crippen MR) is 46.1 cm³/mol. The van der Waals surface area contributed by atoms with Crippen molar-refractivity contribution < 1.29 is 19.0 Å². The number of rotatable bonds is 2. The van der Waals surface area contributed by atoms with Crippen LogP contribution in [0.3, 0.4) is 0 Å². The van der Waals surface area contributed by atoms with Crippen LogP contribution in [0.4, 0.5) is 0 Å². The quantitative estimate of drug-likeness (QED) is 0.605. The molecule has 0 aromatic rings. The molecule has 4 heteroatoms. The summed E-state index contributed by atoms with van der Waals surface area (Å²) in [6.45, 7) is 3.86. The second-order valence-corrected chi connectivity index (χ2v) is 3.82. The Morgan fingerprint density at radius 1 is 1.46 bits per heavy atom. The van der Waals surface area contributed by atoms with Gasteiger partial charge in [0.2, 0.25) is 0 Å². The summed E-state index contributed by atoms with van der Waals surface area (Å²) in [5, 5.41) is 0. The van der Waals surface area contributed by atoms with E-state index in [1.165, 1.54) is 14.2 Å². The van der Waals surface area contributed by atoms with Crippen LogP contribution in [0.15, 0.2) is 0 Å². The van der Waals surface area contributed by atoms with Crippen molar-refractivity contribution >= 4 is 5.97 Å². The number of hydrogen-bond donors (Lipinski definition) is 0. The van der Waals surface area contributed by atoms with Gasteiger partial charge in [-0.3, -0.25) is 4.79 Å². The molecule has 0 bridgehead atoms. The van der Waals surface area contributed by atoms with Crippen LogP contribution in [-0.2, 0) is 19.0 Å². The Labute approximate surface area is 78.2 Å². The predicted octanol–water partition coefficient (Wildman–Crippen LogP) is 0.947. The van der Waals surface area contributed by atoms with Crippen LogP contribution in [-0.4, -0.2) is 32.1 Å². The molecule has 1 aliphatic rings. The average molecular weight is 188 g/mol. The molecule has 0 saturated carbocycles. The highest BCUT2D eigenvalue weighted by Gasteiger charge is 2.45. The maximum Gasteiger partial charge on any atom is 0.313 e. The number of methoxy groups -OCH3 is 2. The molecule has 1 saturated heterocycles. The highest BCUT2D eigenvalue weighted by molar-refractivity contribution is 5.73. The zero-order valence-electron chi connectivity index (χ0n) is 8.49. The van der Waals surface area contributed by atoms with Crippen LogP contribution in [0, 0.1) is 5.92 Å². The summed E-state index contributed by atoms with van der Waals surface area (Å²) in [5.74, 6) is -0.567. The molecule has 13 heavy (non-hydrogen) atoms. The van der Waals surface area contributed by atoms with Crippen molar-refractivity contribution in [3.63, 3.8) is 0 Å². The van der Waals surface area contributed by atoms with Gasteiger partial charge >= 0.3 is 5.97 Å². The van der Waals surface area contributed by atoms with Gasteiger partial charge in [-0.15, -0.1) is 0 Å². The van der Waals surface area contributed by atoms with Crippen molar-refractivity contribution in [1.82, 2.24) is 0 Å². The van der Waals surface area contributed by atoms with Crippen LogP contribution in [0.25, 0.3) is 0 Å². The van der Waals surface area contributed by atoms with Crippen molar-refractivity contribution in [3.05, 3.63) is 0 Å². The summed E-state index contributed by atoms with van der Waals surface area (Å²) in [6, 6.07) is 0. The Morgan fingerprint density at radius 3 is 2.54 bits per heavy atom. The third-order valence-electron chi connectivity index (χ3n) is 2.21. The van der Waals surface area contributed by atoms with E-state index in [2.05, 4.69) is 4.74 Å². The SMILES string of the molecule is COC(=O)[C@H]1CC(C)(C)O[C@H]1OC. The summed E-state index contributed by atoms with van der Waals surface area (Å²) >= 11 is 0. The molecule has 1 rings (SSSR count). The molecule has 2 atom stereocenters. The van der Waals surface area contributed by atoms with Crippen LogP contribution < -0.4 is 0 Å². The number of esters is 1. The summed E-state index contributed by atoms with van der Waals surface area (Å²) in [6.07, 6.45) is 0.167. The molecule has 0 aromatic carbocycles. The average Bonchev–Trinajstić information content (AvgIpc) is 2.39. The first kappa shape index (κ1) is 10.5. The van der Waals surface area contributed by atoms with Gasteiger partial charge in [-0.1, -0.05) is 0 Å². The van der Waals surface area contributed by atoms with Gasteiger partial charge in [0.1, 0.15) is 5.92 Å². The Bertz CT molecular complexity index is 200. The van der Waals surface area contributed by atoms with Gasteiger partial charge in [0.25, 0.3) is 0 Å². The highest BCUT2D eigenvalue weighted by Crippen LogP contribution is 2.35. The minimum atomic E-state index is -0.470. The Balaban J connectivity index is 2.69. The molecule has 1 fully saturated rings. The number of hydrogen-bond acceptors (Lipinski definition) is 4. The fourth-order valence-corrected chi connectivity index (χ4v) is 1.63. The number of ether oxygens (including phenoxy) is 3. The standard InChI is InChI=1S/C9H16O4/c1-9(2)5-6(7(10)11-3)8(12-4)13-9/h6,8H,5H2,1-4H3/t6-,8-/m1/s1. The zero-order valence-corrected chi connectivity index (χ0v) is 8.49. The van der Waals surface area contributed by atoms with Gasteiger partial charge in [-0.05, 0) is 20.3 Å². The second kappa shape index (κ2) is 3.64. The third kappa shape index (κ3) is 2.19. The van der Waals surface area contributed by atoms with Crippen LogP contribution >= 0.6 is 0 Å². The second-order valence-electron chi connectivity index (χ2n) is 3.82. The first-order valence-electron chi connectivity index (χ1n) is 4.28. The molecule has 4 nitrogen and oxygen atoms in total. The summed E-state index contributed by atoms with van der Waals surface area (Å²) in [5.41, 5.74) is -0.306. The Hall–Kier alpha value is -0.610. The topological polar surface area (TPSA) is 44.8 Å². The van der Waals surface area contributed by atoms with E-state index >= 15 is 0 Å². The van der Waals surface area contributed by atoms with E-state index in [0.717, 1.165) is 0 Å². The molecular formula is C9H16O4. The number of carbonyl (C=O) groups excluding carboxylic acids is 1. The lowest BCUT2D eigenvalue weighted by atomic mass is 9.97. The lowest BCUT2D eigenvalue weighted by Crippen LogP contribution is -2.26. The Morgan fingerprint density at radius 2 is 2.08 bits per heavy atom. The molecule has 0 radical (unpaired) electrons. The van der Waals surface area contributed by atoms with E-state index in [9.17, 15) is 4.79 Å². The van der Waals surface area contributed by atoms with Gasteiger partial charge in [0, 0.05) is 7.11 Å². The molecule has 0 amide bonds. The molecule has 76 valence electrons. The molecule has 0 aliphatic carbocycles. The van der Waals surface area contributed by atoms with E-state index < -0.39 is 6.29 Å². The smallest absolute Gasteiger partial charge is 0.313 e. The summed E-state index contributed by atoms with van der Waals surface area (Å²) in [4.78, 5) is 11.3. The van der Waals surface area contributed by atoms with E-state index in [-0.39, 0.29) is 17.5 Å². The molecule has 1 aliphatic heterocycles. The monoisotopic (exact) mass is 188 g/mol. The van der Waals surface area contributed by atoms with E-state index in [1.807, 2.05) is 13.8 Å². The van der Waals surface area contributed by atoms with Gasteiger partial charge in [-0.2, -0.15) is 0 Å². The maximum absolute atomic E-state index is 11.3. The Kier molecular flexibility index (Phi) is 2.93. The highest BCUT2D eigenvalue weighted by atomic mass is 16.7. The van der Waals surface area contributed by atoms with Crippen molar-refractivity contribution in [1.29, 1.82) is 0 Å². The maximum atomic E-state index is 11.3. The lowest BCUT2D eigenvalue weighted by Gasteiger charge is -2.17. The van der Waals surface area contributed by atoms with E-state index in [4.69, 9.17) is 9.47 Å². The molecular weight excluding hydrogens is 172 g/mol. The fourth-order valence-electron chi connectivity index (χ4n) is 1.63. The fraction of sp³-hybridized carbons (Fsp3) is 0.889. The molecule has 0 spiro atoms. The van der Waals surface area contributed by atoms with Crippen molar-refractivity contribution in [2.24, 2.45) is 5.92 Å². The normalized spacial score (nSPS) is 31.7. The van der Waals surface area contributed by atoms with E-state index in [0.29, 0.717) is 6.42 Å². The van der Waals surface area contributed by atoms with Crippen molar-refractivity contribution in [2.45, 2.75) is 32.2 Å². The molecule has 0 aromatic heterocycles. The van der Waals surface area contributed by atoms with Gasteiger partial charge in [-0.25, -0.2) is 0 Å². The minimum Gasteiger partial charge on any atom is -0.469 e. The van der Waals surface area contributed by atoms with Crippen LogP contribution in [0.5, 0.6) is 0 Å². The first-order valence-corrected chi connectivity index (χ1v) is 4.28. The van der Waals surface area contributed by atoms with Gasteiger partial charge in [0.05, 0.1) is 12.7 Å². The molecule has 1 heterocycles. The lowest BCUT2D eigenvalue weighted by molar-refractivity contribution is -0.173. The summed E-state index contributed by atoms with van der Waals surface area (Å²) < 4.78 is 15.2. The molecule has 0 N–H and O–H groups in total. The summed E-state index contributed by atoms with van der Waals surface area (Å²) in [7, 11) is 2.91. The third-order valence-corrected chi connectivity index (χ3v) is 2.21. The molecule has 0 unspecified atom stereocenters. The van der Waals surface area contributed by atoms with Gasteiger partial charge in [0.15, 0.2) is 6.29 Å². The minimum absolute atomic E-state index is 0.266. The van der Waals surface area contributed by atoms with E-state index in [1.54, 1.807) is 0 Å².